The average Bonchev–Trinajstić information content (AvgIpc) is 3.41. The van der Waals surface area contributed by atoms with Crippen molar-refractivity contribution in [2.45, 2.75) is 43.9 Å². The lowest BCUT2D eigenvalue weighted by molar-refractivity contribution is -0.192. The molecule has 2 aliphatic heterocycles. The van der Waals surface area contributed by atoms with Crippen LogP contribution < -0.4 is 0 Å². The molecule has 0 aliphatic carbocycles. The van der Waals surface area contributed by atoms with Gasteiger partial charge in [-0.1, -0.05) is 6.07 Å². The van der Waals surface area contributed by atoms with E-state index in [1.54, 1.807) is 18.4 Å². The van der Waals surface area contributed by atoms with E-state index in [-0.39, 0.29) is 11.4 Å². The zero-order chi connectivity index (χ0) is 22.5. The highest BCUT2D eigenvalue weighted by Crippen LogP contribution is 2.39. The highest BCUT2D eigenvalue weighted by molar-refractivity contribution is 5.92. The van der Waals surface area contributed by atoms with Crippen molar-refractivity contribution in [3.8, 4) is 0 Å². The number of piperidine rings is 1. The van der Waals surface area contributed by atoms with Gasteiger partial charge in [-0.3, -0.25) is 14.7 Å². The van der Waals surface area contributed by atoms with Gasteiger partial charge in [-0.05, 0) is 49.9 Å². The summed E-state index contributed by atoms with van der Waals surface area (Å²) in [4.78, 5) is 30.6. The van der Waals surface area contributed by atoms with Crippen LogP contribution in [0, 0.1) is 0 Å². The maximum absolute atomic E-state index is 12.8. The molecule has 2 aliphatic rings. The molecular formula is C21H24F3N3O4. The summed E-state index contributed by atoms with van der Waals surface area (Å²) in [5.74, 6) is -2.24. The molecular weight excluding hydrogens is 415 g/mol. The first kappa shape index (κ1) is 22.8. The van der Waals surface area contributed by atoms with Crippen molar-refractivity contribution in [2.75, 3.05) is 19.6 Å². The van der Waals surface area contributed by atoms with Crippen LogP contribution in [0.4, 0.5) is 13.2 Å². The lowest BCUT2D eigenvalue weighted by Crippen LogP contribution is -2.53. The molecule has 0 aromatic carbocycles. The number of alkyl halides is 3. The van der Waals surface area contributed by atoms with Crippen LogP contribution in [0.15, 0.2) is 47.2 Å². The molecule has 168 valence electrons. The Labute approximate surface area is 177 Å². The van der Waals surface area contributed by atoms with Crippen molar-refractivity contribution in [3.63, 3.8) is 0 Å². The Balaban J connectivity index is 0.000000339. The second-order valence-electron chi connectivity index (χ2n) is 7.66. The van der Waals surface area contributed by atoms with Crippen molar-refractivity contribution < 1.29 is 32.3 Å². The minimum Gasteiger partial charge on any atom is -0.475 e. The van der Waals surface area contributed by atoms with Crippen molar-refractivity contribution in [1.82, 2.24) is 14.8 Å². The number of pyridine rings is 1. The number of aliphatic carboxylic acids is 1. The number of carboxylic acids is 1. The molecule has 0 unspecified atom stereocenters. The van der Waals surface area contributed by atoms with Crippen LogP contribution in [0.5, 0.6) is 0 Å². The van der Waals surface area contributed by atoms with Crippen molar-refractivity contribution >= 4 is 11.9 Å². The number of rotatable bonds is 3. The maximum atomic E-state index is 12.8. The molecule has 10 heteroatoms. The Bertz CT molecular complexity index is 864. The second kappa shape index (κ2) is 9.51. The molecule has 1 spiro atoms. The van der Waals surface area contributed by atoms with Gasteiger partial charge in [-0.2, -0.15) is 13.2 Å². The van der Waals surface area contributed by atoms with Gasteiger partial charge in [0, 0.05) is 37.9 Å². The monoisotopic (exact) mass is 439 g/mol. The average molecular weight is 439 g/mol. The predicted molar refractivity (Wildman–Crippen MR) is 104 cm³/mol. The van der Waals surface area contributed by atoms with Crippen LogP contribution in [-0.2, 0) is 11.3 Å². The number of furan rings is 1. The first-order valence-electron chi connectivity index (χ1n) is 9.99. The molecule has 0 saturated carbocycles. The van der Waals surface area contributed by atoms with Crippen molar-refractivity contribution in [2.24, 2.45) is 0 Å². The molecule has 2 saturated heterocycles. The van der Waals surface area contributed by atoms with Crippen LogP contribution in [0.25, 0.3) is 0 Å². The Kier molecular flexibility index (Phi) is 6.99. The maximum Gasteiger partial charge on any atom is 0.490 e. The number of carboxylic acid groups (broad SMARTS) is 1. The number of hydrogen-bond donors (Lipinski definition) is 1. The van der Waals surface area contributed by atoms with E-state index in [9.17, 15) is 18.0 Å². The predicted octanol–water partition coefficient (Wildman–Crippen LogP) is 3.58. The molecule has 2 fully saturated rings. The summed E-state index contributed by atoms with van der Waals surface area (Å²) in [6.45, 7) is 3.76. The Morgan fingerprint density at radius 2 is 1.81 bits per heavy atom. The Hall–Kier alpha value is -2.88. The topological polar surface area (TPSA) is 86.9 Å². The van der Waals surface area contributed by atoms with Crippen molar-refractivity contribution in [3.05, 3.63) is 54.2 Å². The van der Waals surface area contributed by atoms with Crippen LogP contribution in [0.3, 0.4) is 0 Å². The highest BCUT2D eigenvalue weighted by atomic mass is 19.4. The number of nitrogens with zero attached hydrogens (tertiary/aromatic N) is 3. The van der Waals surface area contributed by atoms with Crippen LogP contribution in [-0.4, -0.2) is 63.1 Å². The lowest BCUT2D eigenvalue weighted by Gasteiger charge is -2.44. The van der Waals surface area contributed by atoms with Gasteiger partial charge in [0.05, 0.1) is 12.0 Å². The number of aromatic nitrogens is 1. The third-order valence-electron chi connectivity index (χ3n) is 5.71. The summed E-state index contributed by atoms with van der Waals surface area (Å²) in [7, 11) is 0. The van der Waals surface area contributed by atoms with Gasteiger partial charge in [0.2, 0.25) is 0 Å². The highest BCUT2D eigenvalue weighted by Gasteiger charge is 2.46. The quantitative estimate of drug-likeness (QED) is 0.787. The van der Waals surface area contributed by atoms with Gasteiger partial charge in [0.1, 0.15) is 0 Å². The van der Waals surface area contributed by atoms with E-state index in [2.05, 4.69) is 20.9 Å². The standard InChI is InChI=1S/C19H23N3O2.C2HF3O2/c23-18(17-6-3-14-24-17)22-11-4-7-19(22)8-12-21(13-9-19)15-16-5-1-2-10-20-16;3-2(4,5)1(6)7/h1-3,5-6,10,14H,4,7-9,11-13,15H2;(H,6,7). The van der Waals surface area contributed by atoms with Gasteiger partial charge in [0.25, 0.3) is 5.91 Å². The van der Waals surface area contributed by atoms with E-state index in [1.165, 1.54) is 0 Å². The third kappa shape index (κ3) is 5.63. The molecule has 31 heavy (non-hydrogen) atoms. The fourth-order valence-corrected chi connectivity index (χ4v) is 4.16. The summed E-state index contributed by atoms with van der Waals surface area (Å²) in [6, 6.07) is 9.61. The summed E-state index contributed by atoms with van der Waals surface area (Å²) < 4.78 is 37.1. The minimum absolute atomic E-state index is 0.0183. The number of halogens is 3. The SMILES string of the molecule is O=C(O)C(F)(F)F.O=C(c1ccco1)N1CCCC12CCN(Cc1ccccn1)CC2. The smallest absolute Gasteiger partial charge is 0.475 e. The molecule has 0 radical (unpaired) electrons. The minimum atomic E-state index is -5.08. The van der Waals surface area contributed by atoms with Gasteiger partial charge < -0.3 is 14.4 Å². The zero-order valence-electron chi connectivity index (χ0n) is 16.8. The first-order valence-corrected chi connectivity index (χ1v) is 9.99. The van der Waals surface area contributed by atoms with Gasteiger partial charge in [-0.15, -0.1) is 0 Å². The molecule has 2 aromatic heterocycles. The Morgan fingerprint density at radius 1 is 1.10 bits per heavy atom. The summed E-state index contributed by atoms with van der Waals surface area (Å²) in [5.41, 5.74) is 1.13. The van der Waals surface area contributed by atoms with Gasteiger partial charge >= 0.3 is 12.1 Å². The largest absolute Gasteiger partial charge is 0.490 e. The second-order valence-corrected chi connectivity index (χ2v) is 7.66. The Morgan fingerprint density at radius 3 is 2.35 bits per heavy atom. The molecule has 4 heterocycles. The molecule has 0 atom stereocenters. The van der Waals surface area contributed by atoms with Crippen LogP contribution in [0.2, 0.25) is 0 Å². The van der Waals surface area contributed by atoms with Crippen LogP contribution in [0.1, 0.15) is 41.9 Å². The summed E-state index contributed by atoms with van der Waals surface area (Å²) >= 11 is 0. The molecule has 4 rings (SSSR count). The summed E-state index contributed by atoms with van der Waals surface area (Å²) in [6.07, 6.45) is 2.61. The van der Waals surface area contributed by atoms with E-state index in [0.717, 1.165) is 57.6 Å². The van der Waals surface area contributed by atoms with E-state index >= 15 is 0 Å². The van der Waals surface area contributed by atoms with Crippen LogP contribution >= 0.6 is 0 Å². The molecule has 1 amide bonds. The fraction of sp³-hybridized carbons (Fsp3) is 0.476. The molecule has 2 aromatic rings. The number of carbonyl (C=O) groups excluding carboxylic acids is 1. The van der Waals surface area contributed by atoms with E-state index in [1.807, 2.05) is 18.3 Å². The zero-order valence-corrected chi connectivity index (χ0v) is 16.8. The van der Waals surface area contributed by atoms with E-state index in [0.29, 0.717) is 5.76 Å². The van der Waals surface area contributed by atoms with E-state index in [4.69, 9.17) is 14.3 Å². The third-order valence-corrected chi connectivity index (χ3v) is 5.71. The molecule has 1 N–H and O–H groups in total. The van der Waals surface area contributed by atoms with Gasteiger partial charge in [0.15, 0.2) is 5.76 Å². The number of likely N-dealkylation sites (tertiary alicyclic amines) is 2. The number of hydrogen-bond acceptors (Lipinski definition) is 5. The molecule has 7 nitrogen and oxygen atoms in total. The lowest BCUT2D eigenvalue weighted by atomic mass is 9.84. The van der Waals surface area contributed by atoms with Crippen molar-refractivity contribution in [1.29, 1.82) is 0 Å². The number of amides is 1. The van der Waals surface area contributed by atoms with Gasteiger partial charge in [-0.25, -0.2) is 4.79 Å². The summed E-state index contributed by atoms with van der Waals surface area (Å²) in [5, 5.41) is 7.12. The fourth-order valence-electron chi connectivity index (χ4n) is 4.16. The normalized spacial score (nSPS) is 18.5. The first-order chi connectivity index (χ1) is 14.7. The van der Waals surface area contributed by atoms with E-state index < -0.39 is 12.1 Å². The number of carbonyl (C=O) groups is 2. The molecule has 0 bridgehead atoms.